The molecule has 0 bridgehead atoms. The number of aliphatic imine (C=N–C) groups is 2. The SMILES string of the molecule is CC[C@H](C)[C@H](NC(=O)[C@H](CC(C)C)NC(=O)[C@H](CCCN=C(N)N)NC(=O)[C@H](CCCN=C(N)N)NC(=O)C(CN)NC(=O)[C@H](C)NC(=O)[C@H](Cc1cnc[nH]1)NC(=O)CN1CCN(CC(=O)[O-])CCN(CC(=O)[O-])CCN(CC(=O)[O-])CC1)C(=O)N[C@@H](Cc1ccccc1)C(N)=O.[Tb+3]. The van der Waals surface area contributed by atoms with Crippen LogP contribution in [0.25, 0.3) is 0 Å². The molecule has 1 fully saturated rings. The molecule has 1 unspecified atom stereocenters. The second kappa shape index (κ2) is 46.1. The van der Waals surface area contributed by atoms with E-state index in [0.717, 1.165) is 5.56 Å². The predicted octanol–water partition coefficient (Wildman–Crippen LogP) is -10.8. The van der Waals surface area contributed by atoms with Gasteiger partial charge in [-0.25, -0.2) is 4.98 Å². The van der Waals surface area contributed by atoms with E-state index in [4.69, 9.17) is 34.4 Å². The van der Waals surface area contributed by atoms with E-state index in [1.54, 1.807) is 62.9 Å². The van der Waals surface area contributed by atoms with Gasteiger partial charge in [0.2, 0.25) is 53.2 Å². The first-order chi connectivity index (χ1) is 46.4. The number of primary amides is 1. The minimum absolute atomic E-state index is 0. The number of aliphatic carboxylic acids is 3. The second-order valence-electron chi connectivity index (χ2n) is 24.4. The van der Waals surface area contributed by atoms with Crippen LogP contribution in [0.15, 0.2) is 52.8 Å². The van der Waals surface area contributed by atoms with Gasteiger partial charge in [-0.15, -0.1) is 0 Å². The van der Waals surface area contributed by atoms with Crippen LogP contribution in [0, 0.1) is 50.4 Å². The number of carboxylic acids is 3. The maximum Gasteiger partial charge on any atom is 3.00 e. The number of hydrogen-bond acceptors (Lipinski definition) is 23. The number of guanidine groups is 2. The molecule has 1 aliphatic rings. The fraction of sp³-hybridized carbons (Fsp3) is 0.623. The summed E-state index contributed by atoms with van der Waals surface area (Å²) in [6.45, 7) is 6.25. The Balaban J connectivity index is 0.0000333. The van der Waals surface area contributed by atoms with Crippen molar-refractivity contribution < 1.29 is 111 Å². The van der Waals surface area contributed by atoms with Gasteiger partial charge in [-0.3, -0.25) is 72.7 Å². The number of imidazole rings is 1. The van der Waals surface area contributed by atoms with Gasteiger partial charge in [0, 0.05) is 116 Å². The van der Waals surface area contributed by atoms with Gasteiger partial charge in [-0.2, -0.15) is 0 Å². The third-order valence-electron chi connectivity index (χ3n) is 15.8. The molecule has 9 atom stereocenters. The van der Waals surface area contributed by atoms with Gasteiger partial charge >= 0.3 is 38.6 Å². The van der Waals surface area contributed by atoms with Crippen LogP contribution in [0.5, 0.6) is 0 Å². The third-order valence-corrected chi connectivity index (χ3v) is 15.8. The molecule has 1 aromatic heterocycles. The maximum atomic E-state index is 14.5. The first kappa shape index (κ1) is 86.8. The fourth-order valence-corrected chi connectivity index (χ4v) is 10.3. The molecule has 1 saturated heterocycles. The van der Waals surface area contributed by atoms with Crippen LogP contribution in [-0.2, 0) is 70.4 Å². The van der Waals surface area contributed by atoms with Crippen molar-refractivity contribution in [1.29, 1.82) is 0 Å². The van der Waals surface area contributed by atoms with E-state index in [2.05, 4.69) is 62.5 Å². The molecule has 3 rings (SSSR count). The standard InChI is InChI=1S/C61H102N22O15.Tb/c1-6-37(4)51(59(98)76-43(52(63)91)27-39-12-8-7-9-13-39)79-57(96)44(26-36(2)3)77-55(94)42(15-11-17-70-61(66)67)74-54(93)41(14-10-16-69-60(64)65)75-58(97)46(29-62)78-53(92)38(5)72-56(95)45(28-40-30-68-35-71-40)73-47(84)31-80-18-20-81(32-48(85)86)22-24-83(34-50(89)90)25-23-82(21-19-80)33-49(87)88;/h7-9,12-13,30,35-38,41-46,51H,6,10-11,14-29,31-34,62H2,1-5H3,(H2,63,91)(H,68,71)(H,72,95)(H,73,84)(H,74,93)(H,75,97)(H,76,98)(H,77,94)(H,78,92)(H,79,96)(H,85,86)(H,87,88)(H,89,90)(H4,64,65,69)(H4,66,67,70);/q;+3/p-3/t37-,38-,41-,42-,43-,44-,45-,46?,51-;/m0./s1. The van der Waals surface area contributed by atoms with E-state index >= 15 is 0 Å². The summed E-state index contributed by atoms with van der Waals surface area (Å²) < 4.78 is 0. The molecular weight excluding hydrogens is 1440 g/mol. The molecule has 0 saturated carbocycles. The molecule has 38 heteroatoms. The summed E-state index contributed by atoms with van der Waals surface area (Å²) in [6, 6.07) is -2.06. The predicted molar refractivity (Wildman–Crippen MR) is 351 cm³/mol. The number of hydrogen-bond donors (Lipinski definition) is 15. The Morgan fingerprint density at radius 1 is 0.525 bits per heavy atom. The van der Waals surface area contributed by atoms with Crippen LogP contribution in [0.1, 0.15) is 84.4 Å². The number of nitrogens with two attached hydrogens (primary N) is 6. The Morgan fingerprint density at radius 3 is 1.36 bits per heavy atom. The maximum absolute atomic E-state index is 14.5. The number of nitrogens with zero attached hydrogens (tertiary/aromatic N) is 7. The van der Waals surface area contributed by atoms with Crippen molar-refractivity contribution in [3.05, 3.63) is 54.1 Å². The van der Waals surface area contributed by atoms with E-state index in [9.17, 15) is 72.9 Å². The largest absolute Gasteiger partial charge is 3.00 e. The molecule has 0 spiro atoms. The van der Waals surface area contributed by atoms with Gasteiger partial charge in [-0.05, 0) is 56.4 Å². The summed E-state index contributed by atoms with van der Waals surface area (Å²) in [4.78, 5) is 182. The van der Waals surface area contributed by atoms with E-state index in [1.165, 1.54) is 34.1 Å². The summed E-state index contributed by atoms with van der Waals surface area (Å²) >= 11 is 0. The van der Waals surface area contributed by atoms with Crippen LogP contribution in [0.4, 0.5) is 0 Å². The first-order valence-electron chi connectivity index (χ1n) is 32.4. The summed E-state index contributed by atoms with van der Waals surface area (Å²) in [6.07, 6.45) is 2.96. The van der Waals surface area contributed by atoms with Crippen LogP contribution < -0.4 is 92.3 Å². The van der Waals surface area contributed by atoms with Gasteiger partial charge in [0.1, 0.15) is 48.3 Å². The molecule has 37 nitrogen and oxygen atoms in total. The van der Waals surface area contributed by atoms with Gasteiger partial charge in [-0.1, -0.05) is 64.4 Å². The Hall–Kier alpha value is -8.30. The van der Waals surface area contributed by atoms with Crippen molar-refractivity contribution in [3.8, 4) is 0 Å². The number of H-pyrrole nitrogens is 1. The number of carbonyl (C=O) groups excluding carboxylic acids is 12. The zero-order valence-corrected chi connectivity index (χ0v) is 58.8. The van der Waals surface area contributed by atoms with Gasteiger partial charge < -0.3 is 112 Å². The smallest absolute Gasteiger partial charge is 0.549 e. The van der Waals surface area contributed by atoms with Crippen molar-refractivity contribution in [1.82, 2.24) is 72.1 Å². The fourth-order valence-electron chi connectivity index (χ4n) is 10.3. The van der Waals surface area contributed by atoms with Gasteiger partial charge in [0.15, 0.2) is 11.9 Å². The van der Waals surface area contributed by atoms with Crippen molar-refractivity contribution in [2.24, 2.45) is 56.2 Å². The minimum atomic E-state index is -1.57. The molecular formula is C61H99N22O15Tb. The van der Waals surface area contributed by atoms with E-state index < -0.39 is 158 Å². The first-order valence-corrected chi connectivity index (χ1v) is 32.4. The quantitative estimate of drug-likeness (QED) is 0.0167. The number of carbonyl (C=O) groups is 12. The minimum Gasteiger partial charge on any atom is -0.549 e. The number of aromatic amines is 1. The van der Waals surface area contributed by atoms with E-state index in [0.29, 0.717) is 12.1 Å². The number of carboxylic acid groups (broad SMARTS) is 3. The van der Waals surface area contributed by atoms with Crippen molar-refractivity contribution in [2.75, 3.05) is 98.2 Å². The Bertz CT molecular complexity index is 2960. The van der Waals surface area contributed by atoms with Crippen molar-refractivity contribution in [3.63, 3.8) is 0 Å². The van der Waals surface area contributed by atoms with Crippen LogP contribution in [0.3, 0.4) is 0 Å². The van der Waals surface area contributed by atoms with Crippen molar-refractivity contribution >= 4 is 83.0 Å². The molecule has 1 aliphatic heterocycles. The van der Waals surface area contributed by atoms with E-state index in [-0.39, 0.29) is 167 Å². The molecule has 9 amide bonds. The molecule has 2 aromatic rings. The Morgan fingerprint density at radius 2 is 0.949 bits per heavy atom. The number of rotatable bonds is 41. The van der Waals surface area contributed by atoms with Crippen LogP contribution >= 0.6 is 0 Å². The third kappa shape index (κ3) is 34.8. The van der Waals surface area contributed by atoms with Gasteiger partial charge in [0.05, 0.1) is 30.8 Å². The molecule has 2 heterocycles. The molecule has 0 radical (unpaired) electrons. The number of nitrogens with one attached hydrogen (secondary N) is 9. The Kier molecular flexibility index (Phi) is 40.4. The van der Waals surface area contributed by atoms with Gasteiger partial charge in [0.25, 0.3) is 0 Å². The Labute approximate surface area is 605 Å². The zero-order valence-electron chi connectivity index (χ0n) is 56.6. The molecule has 99 heavy (non-hydrogen) atoms. The summed E-state index contributed by atoms with van der Waals surface area (Å²) in [5.41, 5.74) is 35.1. The normalized spacial score (nSPS) is 16.2. The summed E-state index contributed by atoms with van der Waals surface area (Å²) in [5.74, 6) is -13.0. The number of benzene rings is 1. The van der Waals surface area contributed by atoms with Crippen LogP contribution in [-0.4, -0.2) is 259 Å². The van der Waals surface area contributed by atoms with Crippen LogP contribution in [0.2, 0.25) is 0 Å². The number of aromatic nitrogens is 2. The molecule has 1 aromatic carbocycles. The molecule has 552 valence electrons. The second-order valence-corrected chi connectivity index (χ2v) is 24.4. The topological polar surface area (TPSA) is 593 Å². The molecule has 0 aliphatic carbocycles. The van der Waals surface area contributed by atoms with Crippen molar-refractivity contribution in [2.45, 2.75) is 134 Å². The zero-order chi connectivity index (χ0) is 73.0. The van der Waals surface area contributed by atoms with E-state index in [1.807, 2.05) is 0 Å². The average molecular weight is 1540 g/mol. The summed E-state index contributed by atoms with van der Waals surface area (Å²) in [5, 5.41) is 56.0. The molecule has 21 N–H and O–H groups in total. The average Bonchev–Trinajstić information content (AvgIpc) is 0.921. The number of amides is 9. The summed E-state index contributed by atoms with van der Waals surface area (Å²) in [7, 11) is 0. The monoisotopic (exact) mass is 1540 g/mol.